The minimum atomic E-state index is -2.14. The zero-order valence-electron chi connectivity index (χ0n) is 12.8. The maximum absolute atomic E-state index is 11.0. The second kappa shape index (κ2) is 6.48. The van der Waals surface area contributed by atoms with Crippen LogP contribution in [0.3, 0.4) is 0 Å². The van der Waals surface area contributed by atoms with Crippen LogP contribution in [0, 0.1) is 0 Å². The van der Waals surface area contributed by atoms with E-state index in [4.69, 9.17) is 20.9 Å². The van der Waals surface area contributed by atoms with Gasteiger partial charge in [-0.25, -0.2) is 4.21 Å². The van der Waals surface area contributed by atoms with Crippen LogP contribution in [0.4, 0.5) is 5.69 Å². The molecule has 0 fully saturated rings. The standard InChI is InChI=1S/C16H14BrClN2O3S/c1-16(2)15(17)14(12-6-3-9(18)8-19-12)11-5-4-10(20-24(21)22)7-13(11)23-16/h3-8,20H,1-2H3,(H,21,22). The minimum Gasteiger partial charge on any atom is -0.482 e. The highest BCUT2D eigenvalue weighted by atomic mass is 79.9. The number of hydrogen-bond acceptors (Lipinski definition) is 3. The molecular formula is C16H14BrClN2O3S. The van der Waals surface area contributed by atoms with Crippen LogP contribution >= 0.6 is 27.5 Å². The van der Waals surface area contributed by atoms with Crippen LogP contribution in [-0.2, 0) is 11.3 Å². The molecular weight excluding hydrogens is 416 g/mol. The fourth-order valence-corrected chi connectivity index (χ4v) is 3.43. The third-order valence-corrected chi connectivity index (χ3v) is 5.54. The second-order valence-corrected chi connectivity index (χ2v) is 7.66. The van der Waals surface area contributed by atoms with Crippen molar-refractivity contribution in [3.8, 4) is 5.75 Å². The highest BCUT2D eigenvalue weighted by molar-refractivity contribution is 9.12. The molecule has 1 aliphatic heterocycles. The van der Waals surface area contributed by atoms with E-state index in [9.17, 15) is 4.21 Å². The lowest BCUT2D eigenvalue weighted by Gasteiger charge is -2.34. The van der Waals surface area contributed by atoms with E-state index in [-0.39, 0.29) is 0 Å². The Hall–Kier alpha value is -1.41. The molecule has 8 heteroatoms. The van der Waals surface area contributed by atoms with Gasteiger partial charge in [-0.1, -0.05) is 27.5 Å². The maximum atomic E-state index is 11.0. The van der Waals surface area contributed by atoms with Crippen molar-refractivity contribution in [1.82, 2.24) is 4.98 Å². The average molecular weight is 430 g/mol. The van der Waals surface area contributed by atoms with E-state index in [0.29, 0.717) is 16.5 Å². The van der Waals surface area contributed by atoms with Crippen LogP contribution in [0.1, 0.15) is 25.1 Å². The molecule has 2 heterocycles. The van der Waals surface area contributed by atoms with Gasteiger partial charge in [-0.15, -0.1) is 0 Å². The highest BCUT2D eigenvalue weighted by Gasteiger charge is 2.34. The van der Waals surface area contributed by atoms with E-state index in [2.05, 4.69) is 25.6 Å². The molecule has 1 aromatic heterocycles. The van der Waals surface area contributed by atoms with Crippen molar-refractivity contribution in [2.75, 3.05) is 4.72 Å². The van der Waals surface area contributed by atoms with E-state index >= 15 is 0 Å². The van der Waals surface area contributed by atoms with Crippen LogP contribution < -0.4 is 9.46 Å². The van der Waals surface area contributed by atoms with Gasteiger partial charge in [0.2, 0.25) is 0 Å². The fraction of sp³-hybridized carbons (Fsp3) is 0.188. The Kier molecular flexibility index (Phi) is 4.70. The summed E-state index contributed by atoms with van der Waals surface area (Å²) in [5.74, 6) is 0.602. The van der Waals surface area contributed by atoms with Crippen molar-refractivity contribution < 1.29 is 13.5 Å². The Balaban J connectivity index is 2.17. The van der Waals surface area contributed by atoms with E-state index in [1.165, 1.54) is 0 Å². The summed E-state index contributed by atoms with van der Waals surface area (Å²) in [5, 5.41) is 0.562. The molecule has 2 N–H and O–H groups in total. The molecule has 3 rings (SSSR count). The molecule has 5 nitrogen and oxygen atoms in total. The molecule has 1 aliphatic rings. The number of rotatable bonds is 3. The number of nitrogens with zero attached hydrogens (tertiary/aromatic N) is 1. The van der Waals surface area contributed by atoms with Crippen molar-refractivity contribution in [3.05, 3.63) is 57.3 Å². The Morgan fingerprint density at radius 1 is 1.33 bits per heavy atom. The van der Waals surface area contributed by atoms with E-state index in [1.54, 1.807) is 24.4 Å². The average Bonchev–Trinajstić information content (AvgIpc) is 2.49. The van der Waals surface area contributed by atoms with Gasteiger partial charge in [-0.3, -0.25) is 14.3 Å². The normalized spacial score (nSPS) is 17.0. The summed E-state index contributed by atoms with van der Waals surface area (Å²) in [6.07, 6.45) is 1.59. The summed E-state index contributed by atoms with van der Waals surface area (Å²) in [5.41, 5.74) is 2.38. The molecule has 1 aromatic carbocycles. The molecule has 0 saturated carbocycles. The number of halogens is 2. The SMILES string of the molecule is CC1(C)Oc2cc(NS(=O)O)ccc2C(c2ccc(Cl)cn2)=C1Br. The summed E-state index contributed by atoms with van der Waals surface area (Å²) in [7, 11) is 0. The van der Waals surface area contributed by atoms with Crippen molar-refractivity contribution in [3.63, 3.8) is 0 Å². The van der Waals surface area contributed by atoms with Gasteiger partial charge in [-0.05, 0) is 38.1 Å². The molecule has 0 aliphatic carbocycles. The lowest BCUT2D eigenvalue weighted by molar-refractivity contribution is 0.155. The molecule has 126 valence electrons. The van der Waals surface area contributed by atoms with Gasteiger partial charge in [0.25, 0.3) is 11.3 Å². The zero-order valence-corrected chi connectivity index (χ0v) is 16.0. The van der Waals surface area contributed by atoms with Gasteiger partial charge < -0.3 is 4.74 Å². The molecule has 0 bridgehead atoms. The molecule has 1 unspecified atom stereocenters. The maximum Gasteiger partial charge on any atom is 0.259 e. The monoisotopic (exact) mass is 428 g/mol. The lowest BCUT2D eigenvalue weighted by atomic mass is 9.92. The van der Waals surface area contributed by atoms with Crippen molar-refractivity contribution >= 4 is 50.1 Å². The van der Waals surface area contributed by atoms with Gasteiger partial charge in [0.05, 0.1) is 16.4 Å². The first-order valence-corrected chi connectivity index (χ1v) is 9.29. The summed E-state index contributed by atoms with van der Waals surface area (Å²) in [4.78, 5) is 4.41. The van der Waals surface area contributed by atoms with Gasteiger partial charge >= 0.3 is 0 Å². The largest absolute Gasteiger partial charge is 0.482 e. The smallest absolute Gasteiger partial charge is 0.259 e. The number of hydrogen-bond donors (Lipinski definition) is 2. The van der Waals surface area contributed by atoms with Crippen LogP contribution in [0.25, 0.3) is 5.57 Å². The molecule has 2 aromatic rings. The highest BCUT2D eigenvalue weighted by Crippen LogP contribution is 2.46. The number of pyridine rings is 1. The van der Waals surface area contributed by atoms with E-state index in [1.807, 2.05) is 26.0 Å². The predicted molar refractivity (Wildman–Crippen MR) is 99.7 cm³/mol. The number of aromatic nitrogens is 1. The van der Waals surface area contributed by atoms with Gasteiger partial charge in [0.1, 0.15) is 11.4 Å². The number of nitrogens with one attached hydrogen (secondary N) is 1. The number of fused-ring (bicyclic) bond motifs is 1. The Morgan fingerprint density at radius 3 is 2.71 bits per heavy atom. The Morgan fingerprint density at radius 2 is 2.08 bits per heavy atom. The molecule has 24 heavy (non-hydrogen) atoms. The molecule has 1 atom stereocenters. The van der Waals surface area contributed by atoms with E-state index < -0.39 is 16.9 Å². The first-order valence-electron chi connectivity index (χ1n) is 7.01. The first-order chi connectivity index (χ1) is 11.3. The third-order valence-electron chi connectivity index (χ3n) is 3.55. The Bertz CT molecular complexity index is 853. The molecule has 0 saturated heterocycles. The summed E-state index contributed by atoms with van der Waals surface area (Å²) >= 11 is 7.43. The van der Waals surface area contributed by atoms with Gasteiger partial charge in [-0.2, -0.15) is 0 Å². The van der Waals surface area contributed by atoms with Crippen LogP contribution in [0.15, 0.2) is 41.0 Å². The van der Waals surface area contributed by atoms with Crippen molar-refractivity contribution in [1.29, 1.82) is 0 Å². The lowest BCUT2D eigenvalue weighted by Crippen LogP contribution is -2.32. The van der Waals surface area contributed by atoms with Gasteiger partial charge in [0.15, 0.2) is 0 Å². The quantitative estimate of drug-likeness (QED) is 0.699. The summed E-state index contributed by atoms with van der Waals surface area (Å²) < 4.78 is 29.3. The van der Waals surface area contributed by atoms with Gasteiger partial charge in [0, 0.05) is 27.9 Å². The number of anilines is 1. The van der Waals surface area contributed by atoms with Crippen molar-refractivity contribution in [2.24, 2.45) is 0 Å². The fourth-order valence-electron chi connectivity index (χ4n) is 2.49. The second-order valence-electron chi connectivity index (χ2n) is 5.73. The van der Waals surface area contributed by atoms with Crippen LogP contribution in [-0.4, -0.2) is 19.3 Å². The van der Waals surface area contributed by atoms with Crippen LogP contribution in [0.5, 0.6) is 5.75 Å². The number of ether oxygens (including phenoxy) is 1. The molecule has 0 amide bonds. The van der Waals surface area contributed by atoms with E-state index in [0.717, 1.165) is 21.3 Å². The zero-order chi connectivity index (χ0) is 17.5. The van der Waals surface area contributed by atoms with Crippen LogP contribution in [0.2, 0.25) is 5.02 Å². The van der Waals surface area contributed by atoms with Crippen molar-refractivity contribution in [2.45, 2.75) is 19.4 Å². The third kappa shape index (κ3) is 3.35. The number of benzene rings is 1. The first kappa shape index (κ1) is 17.4. The topological polar surface area (TPSA) is 71.5 Å². The Labute approximate surface area is 155 Å². The summed E-state index contributed by atoms with van der Waals surface area (Å²) in [6.45, 7) is 3.86. The minimum absolute atomic E-state index is 0.492. The molecule has 0 radical (unpaired) electrons. The summed E-state index contributed by atoms with van der Waals surface area (Å²) in [6, 6.07) is 8.86. The molecule has 0 spiro atoms. The predicted octanol–water partition coefficient (Wildman–Crippen LogP) is 4.61.